The van der Waals surface area contributed by atoms with Gasteiger partial charge in [-0.3, -0.25) is 4.79 Å². The van der Waals surface area contributed by atoms with Gasteiger partial charge in [0.05, 0.1) is 17.4 Å². The summed E-state index contributed by atoms with van der Waals surface area (Å²) in [6.45, 7) is 0. The second kappa shape index (κ2) is 6.33. The number of ether oxygens (including phenoxy) is 2. The van der Waals surface area contributed by atoms with Crippen LogP contribution in [0.3, 0.4) is 0 Å². The summed E-state index contributed by atoms with van der Waals surface area (Å²) in [6.07, 6.45) is 2.98. The van der Waals surface area contributed by atoms with E-state index in [-0.39, 0.29) is 28.6 Å². The van der Waals surface area contributed by atoms with Crippen molar-refractivity contribution in [2.75, 3.05) is 0 Å². The lowest BCUT2D eigenvalue weighted by molar-refractivity contribution is 0.0734. The average molecular weight is 350 g/mol. The van der Waals surface area contributed by atoms with E-state index in [9.17, 15) is 14.0 Å². The lowest BCUT2D eigenvalue weighted by Crippen LogP contribution is -2.08. The number of fused-ring (bicyclic) bond motifs is 1. The summed E-state index contributed by atoms with van der Waals surface area (Å²) in [5.41, 5.74) is 0.576. The Bertz CT molecular complexity index is 1020. The Morgan fingerprint density at radius 3 is 2.62 bits per heavy atom. The van der Waals surface area contributed by atoms with Crippen molar-refractivity contribution in [2.45, 2.75) is 0 Å². The molecule has 2 heterocycles. The molecule has 0 bridgehead atoms. The highest BCUT2D eigenvalue weighted by molar-refractivity contribution is 6.14. The third-order valence-corrected chi connectivity index (χ3v) is 3.75. The van der Waals surface area contributed by atoms with Gasteiger partial charge in [-0.25, -0.2) is 9.18 Å². The largest absolute Gasteiger partial charge is 0.465 e. The zero-order valence-corrected chi connectivity index (χ0v) is 13.3. The van der Waals surface area contributed by atoms with Gasteiger partial charge >= 0.3 is 5.97 Å². The predicted molar refractivity (Wildman–Crippen MR) is 89.4 cm³/mol. The molecule has 1 aliphatic rings. The highest BCUT2D eigenvalue weighted by Crippen LogP contribution is 2.35. The summed E-state index contributed by atoms with van der Waals surface area (Å²) >= 11 is 0. The van der Waals surface area contributed by atoms with E-state index in [1.807, 2.05) is 0 Å². The molecule has 5 nitrogen and oxygen atoms in total. The Kier molecular flexibility index (Phi) is 3.85. The first-order chi connectivity index (χ1) is 12.6. The van der Waals surface area contributed by atoms with Crippen molar-refractivity contribution >= 4 is 17.8 Å². The Balaban J connectivity index is 1.55. The molecule has 26 heavy (non-hydrogen) atoms. The van der Waals surface area contributed by atoms with E-state index in [2.05, 4.69) is 0 Å². The second-order valence-corrected chi connectivity index (χ2v) is 5.51. The number of hydrogen-bond acceptors (Lipinski definition) is 5. The molecule has 0 saturated heterocycles. The van der Waals surface area contributed by atoms with Gasteiger partial charge < -0.3 is 13.9 Å². The molecule has 0 aliphatic carbocycles. The number of ketones is 1. The van der Waals surface area contributed by atoms with Gasteiger partial charge in [-0.1, -0.05) is 0 Å². The number of furan rings is 1. The molecule has 1 aromatic heterocycles. The fourth-order valence-electron chi connectivity index (χ4n) is 2.49. The molecule has 6 heteroatoms. The Labute approximate surface area is 147 Å². The minimum atomic E-state index is -0.638. The fourth-order valence-corrected chi connectivity index (χ4v) is 2.49. The van der Waals surface area contributed by atoms with Gasteiger partial charge in [0.2, 0.25) is 5.78 Å². The zero-order chi connectivity index (χ0) is 18.1. The molecule has 0 amide bonds. The third kappa shape index (κ3) is 3.00. The zero-order valence-electron chi connectivity index (χ0n) is 13.3. The van der Waals surface area contributed by atoms with E-state index >= 15 is 0 Å². The summed E-state index contributed by atoms with van der Waals surface area (Å²) in [5, 5.41) is 0. The van der Waals surface area contributed by atoms with Crippen LogP contribution in [0.5, 0.6) is 11.5 Å². The molecule has 0 N–H and O–H groups in total. The molecule has 0 saturated carbocycles. The fraction of sp³-hybridized carbons (Fsp3) is 0. The molecule has 0 atom stereocenters. The van der Waals surface area contributed by atoms with E-state index < -0.39 is 11.8 Å². The first-order valence-corrected chi connectivity index (χ1v) is 7.70. The first kappa shape index (κ1) is 15.8. The topological polar surface area (TPSA) is 65.7 Å². The minimum Gasteiger partial charge on any atom is -0.465 e. The molecule has 4 rings (SSSR count). The predicted octanol–water partition coefficient (Wildman–Crippen LogP) is 4.25. The molecule has 0 radical (unpaired) electrons. The highest BCUT2D eigenvalue weighted by atomic mass is 19.1. The van der Waals surface area contributed by atoms with Crippen molar-refractivity contribution in [2.24, 2.45) is 0 Å². The minimum absolute atomic E-state index is 0.122. The highest BCUT2D eigenvalue weighted by Gasteiger charge is 2.28. The number of allylic oxidation sites excluding steroid dienone is 1. The molecular weight excluding hydrogens is 339 g/mol. The number of Topliss-reactive ketones (excluding diaryl/α,β-unsaturated/α-hetero) is 1. The van der Waals surface area contributed by atoms with Crippen LogP contribution in [0.25, 0.3) is 6.08 Å². The van der Waals surface area contributed by atoms with Gasteiger partial charge in [0, 0.05) is 12.1 Å². The number of carbonyl (C=O) groups is 2. The smallest absolute Gasteiger partial charge is 0.343 e. The summed E-state index contributed by atoms with van der Waals surface area (Å²) < 4.78 is 28.9. The molecule has 0 spiro atoms. The Morgan fingerprint density at radius 1 is 1.08 bits per heavy atom. The summed E-state index contributed by atoms with van der Waals surface area (Å²) in [4.78, 5) is 24.4. The van der Waals surface area contributed by atoms with Gasteiger partial charge in [0.25, 0.3) is 0 Å². The van der Waals surface area contributed by atoms with Crippen LogP contribution < -0.4 is 9.47 Å². The Morgan fingerprint density at radius 2 is 1.88 bits per heavy atom. The number of halogens is 1. The second-order valence-electron chi connectivity index (χ2n) is 5.51. The lowest BCUT2D eigenvalue weighted by Gasteiger charge is -2.05. The van der Waals surface area contributed by atoms with Crippen LogP contribution in [-0.2, 0) is 0 Å². The normalized spacial score (nSPS) is 14.2. The van der Waals surface area contributed by atoms with Crippen molar-refractivity contribution < 1.29 is 27.9 Å². The van der Waals surface area contributed by atoms with E-state index in [4.69, 9.17) is 13.9 Å². The van der Waals surface area contributed by atoms with Crippen LogP contribution in [0.2, 0.25) is 0 Å². The molecular formula is C20H11FO5. The van der Waals surface area contributed by atoms with Crippen LogP contribution in [0.4, 0.5) is 4.39 Å². The quantitative estimate of drug-likeness (QED) is 0.401. The van der Waals surface area contributed by atoms with Crippen molar-refractivity contribution in [3.63, 3.8) is 0 Å². The van der Waals surface area contributed by atoms with Gasteiger partial charge in [-0.2, -0.15) is 0 Å². The van der Waals surface area contributed by atoms with Crippen LogP contribution >= 0.6 is 0 Å². The average Bonchev–Trinajstić information content (AvgIpc) is 3.24. The van der Waals surface area contributed by atoms with E-state index in [1.54, 1.807) is 12.1 Å². The Hall–Kier alpha value is -3.67. The monoisotopic (exact) mass is 350 g/mol. The number of rotatable bonds is 3. The SMILES string of the molecule is O=C(Oc1ccc2c(c1)O/C(=C\c1ccco1)C2=O)c1ccc(F)cc1. The van der Waals surface area contributed by atoms with Crippen LogP contribution in [-0.4, -0.2) is 11.8 Å². The van der Waals surface area contributed by atoms with E-state index in [0.29, 0.717) is 11.3 Å². The maximum Gasteiger partial charge on any atom is 0.343 e. The number of carbonyl (C=O) groups excluding carboxylic acids is 2. The molecule has 3 aromatic rings. The van der Waals surface area contributed by atoms with Crippen LogP contribution in [0, 0.1) is 5.82 Å². The number of esters is 1. The summed E-state index contributed by atoms with van der Waals surface area (Å²) in [5.74, 6) is -0.251. The van der Waals surface area contributed by atoms with Crippen molar-refractivity contribution in [1.82, 2.24) is 0 Å². The number of hydrogen-bond donors (Lipinski definition) is 0. The maximum atomic E-state index is 12.9. The summed E-state index contributed by atoms with van der Waals surface area (Å²) in [7, 11) is 0. The van der Waals surface area contributed by atoms with Crippen LogP contribution in [0.15, 0.2) is 71.0 Å². The number of benzene rings is 2. The molecule has 2 aromatic carbocycles. The van der Waals surface area contributed by atoms with Crippen LogP contribution in [0.1, 0.15) is 26.5 Å². The van der Waals surface area contributed by atoms with Crippen molar-refractivity contribution in [3.8, 4) is 11.5 Å². The van der Waals surface area contributed by atoms with Crippen molar-refractivity contribution in [1.29, 1.82) is 0 Å². The maximum absolute atomic E-state index is 12.9. The van der Waals surface area contributed by atoms with Gasteiger partial charge in [0.1, 0.15) is 23.1 Å². The molecule has 0 fully saturated rings. The standard InChI is InChI=1S/C20H11FO5/c21-13-5-3-12(4-6-13)20(23)25-15-7-8-16-17(11-15)26-18(19(16)22)10-14-2-1-9-24-14/h1-11H/b18-10-. The molecule has 128 valence electrons. The third-order valence-electron chi connectivity index (χ3n) is 3.75. The van der Waals surface area contributed by atoms with E-state index in [1.165, 1.54) is 54.8 Å². The van der Waals surface area contributed by atoms with Crippen molar-refractivity contribution in [3.05, 3.63) is 89.3 Å². The molecule has 1 aliphatic heterocycles. The van der Waals surface area contributed by atoms with Gasteiger partial charge in [0.15, 0.2) is 5.76 Å². The summed E-state index contributed by atoms with van der Waals surface area (Å²) in [6, 6.07) is 12.9. The first-order valence-electron chi connectivity index (χ1n) is 7.70. The van der Waals surface area contributed by atoms with Gasteiger partial charge in [-0.15, -0.1) is 0 Å². The molecule has 0 unspecified atom stereocenters. The lowest BCUT2D eigenvalue weighted by atomic mass is 10.1. The van der Waals surface area contributed by atoms with E-state index in [0.717, 1.165) is 0 Å². The van der Waals surface area contributed by atoms with Gasteiger partial charge in [-0.05, 0) is 48.5 Å².